The highest BCUT2D eigenvalue weighted by atomic mass is 79.9. The number of halogens is 1. The largest absolute Gasteiger partial charge is 0.302 e. The van der Waals surface area contributed by atoms with Crippen LogP contribution in [0, 0.1) is 0 Å². The number of hydrogen-bond acceptors (Lipinski definition) is 2. The van der Waals surface area contributed by atoms with Crippen LogP contribution >= 0.6 is 15.9 Å². The lowest BCUT2D eigenvalue weighted by Gasteiger charge is -2.29. The Labute approximate surface area is 134 Å². The molecule has 0 amide bonds. The number of likely N-dealkylation sites (N-methyl/N-ethyl adjacent to an activating group) is 1. The van der Waals surface area contributed by atoms with Gasteiger partial charge in [0.25, 0.3) is 0 Å². The zero-order chi connectivity index (χ0) is 15.3. The summed E-state index contributed by atoms with van der Waals surface area (Å²) in [5.41, 5.74) is 1.82. The van der Waals surface area contributed by atoms with Crippen LogP contribution in [0.25, 0.3) is 0 Å². The van der Waals surface area contributed by atoms with Gasteiger partial charge in [0.05, 0.1) is 5.41 Å². The van der Waals surface area contributed by atoms with Crippen LogP contribution in [0.15, 0.2) is 59.1 Å². The highest BCUT2D eigenvalue weighted by Gasteiger charge is 2.27. The van der Waals surface area contributed by atoms with Gasteiger partial charge >= 0.3 is 0 Å². The zero-order valence-electron chi connectivity index (χ0n) is 12.4. The minimum Gasteiger partial charge on any atom is -0.302 e. The number of benzene rings is 2. The monoisotopic (exact) mass is 345 g/mol. The van der Waals surface area contributed by atoms with Gasteiger partial charge in [-0.25, -0.2) is 0 Å². The van der Waals surface area contributed by atoms with Crippen molar-refractivity contribution >= 4 is 22.2 Å². The number of carbonyl (C=O) groups excluding carboxylic acids is 1. The van der Waals surface area contributed by atoms with E-state index in [1.165, 1.54) is 5.56 Å². The van der Waals surface area contributed by atoms with E-state index in [1.54, 1.807) is 0 Å². The second-order valence-corrected chi connectivity index (χ2v) is 6.62. The summed E-state index contributed by atoms with van der Waals surface area (Å²) in [6.45, 7) is 3.51. The van der Waals surface area contributed by atoms with Crippen molar-refractivity contribution in [1.29, 1.82) is 0 Å². The number of rotatable bonds is 6. The van der Waals surface area contributed by atoms with E-state index in [-0.39, 0.29) is 0 Å². The Balaban J connectivity index is 2.07. The first-order valence-corrected chi connectivity index (χ1v) is 7.78. The Hall–Kier alpha value is -1.45. The fourth-order valence-corrected chi connectivity index (χ4v) is 2.80. The predicted octanol–water partition coefficient (Wildman–Crippen LogP) is 4.04. The van der Waals surface area contributed by atoms with Gasteiger partial charge in [-0.3, -0.25) is 0 Å². The van der Waals surface area contributed by atoms with Gasteiger partial charge in [-0.15, -0.1) is 0 Å². The molecule has 0 aromatic heterocycles. The lowest BCUT2D eigenvalue weighted by Crippen LogP contribution is -2.37. The molecule has 1 atom stereocenters. The molecule has 1 unspecified atom stereocenters. The molecule has 0 spiro atoms. The minimum atomic E-state index is -0.481. The quantitative estimate of drug-likeness (QED) is 0.736. The first-order chi connectivity index (χ1) is 10.0. The van der Waals surface area contributed by atoms with Crippen LogP contribution in [0.4, 0.5) is 0 Å². The van der Waals surface area contributed by atoms with E-state index in [2.05, 4.69) is 33.0 Å². The summed E-state index contributed by atoms with van der Waals surface area (Å²) < 4.78 is 1.08. The third-order valence-corrected chi connectivity index (χ3v) is 4.19. The van der Waals surface area contributed by atoms with Crippen molar-refractivity contribution < 1.29 is 4.79 Å². The van der Waals surface area contributed by atoms with Crippen LogP contribution in [-0.4, -0.2) is 24.8 Å². The summed E-state index contributed by atoms with van der Waals surface area (Å²) in [4.78, 5) is 13.8. The highest BCUT2D eigenvalue weighted by molar-refractivity contribution is 9.10. The molecule has 0 heterocycles. The Bertz CT molecular complexity index is 582. The number of hydrogen-bond donors (Lipinski definition) is 0. The maximum atomic E-state index is 11.6. The molecule has 0 aliphatic heterocycles. The van der Waals surface area contributed by atoms with E-state index >= 15 is 0 Å². The fraction of sp³-hybridized carbons (Fsp3) is 0.278. The van der Waals surface area contributed by atoms with Crippen LogP contribution in [0.1, 0.15) is 18.1 Å². The summed E-state index contributed by atoms with van der Waals surface area (Å²) in [7, 11) is 2.05. The molecule has 0 radical (unpaired) electrons. The standard InChI is InChI=1S/C18H20BrNO/c1-18(14-21,16-6-4-3-5-7-16)13-20(2)12-15-8-10-17(19)11-9-15/h3-11,14H,12-13H2,1-2H3. The molecule has 21 heavy (non-hydrogen) atoms. The van der Waals surface area contributed by atoms with Crippen molar-refractivity contribution in [2.75, 3.05) is 13.6 Å². The Morgan fingerprint density at radius 3 is 2.29 bits per heavy atom. The maximum absolute atomic E-state index is 11.6. The highest BCUT2D eigenvalue weighted by Crippen LogP contribution is 2.23. The minimum absolute atomic E-state index is 0.481. The van der Waals surface area contributed by atoms with E-state index in [9.17, 15) is 4.79 Å². The molecule has 0 saturated carbocycles. The van der Waals surface area contributed by atoms with Crippen molar-refractivity contribution in [3.8, 4) is 0 Å². The average Bonchev–Trinajstić information content (AvgIpc) is 2.50. The van der Waals surface area contributed by atoms with Crippen LogP contribution in [0.2, 0.25) is 0 Å². The summed E-state index contributed by atoms with van der Waals surface area (Å²) in [6, 6.07) is 18.2. The summed E-state index contributed by atoms with van der Waals surface area (Å²) in [6.07, 6.45) is 1.06. The molecule has 0 fully saturated rings. The van der Waals surface area contributed by atoms with E-state index in [4.69, 9.17) is 0 Å². The number of aldehydes is 1. The van der Waals surface area contributed by atoms with E-state index in [1.807, 2.05) is 56.4 Å². The van der Waals surface area contributed by atoms with Gasteiger partial charge < -0.3 is 9.69 Å². The van der Waals surface area contributed by atoms with Gasteiger partial charge in [-0.1, -0.05) is 58.4 Å². The molecular formula is C18H20BrNO. The normalized spacial score (nSPS) is 13.9. The molecular weight excluding hydrogens is 326 g/mol. The lowest BCUT2D eigenvalue weighted by molar-refractivity contribution is -0.112. The van der Waals surface area contributed by atoms with E-state index in [0.717, 1.165) is 22.9 Å². The smallest absolute Gasteiger partial charge is 0.131 e. The van der Waals surface area contributed by atoms with Crippen molar-refractivity contribution in [3.05, 3.63) is 70.2 Å². The topological polar surface area (TPSA) is 20.3 Å². The lowest BCUT2D eigenvalue weighted by atomic mass is 9.83. The second-order valence-electron chi connectivity index (χ2n) is 5.70. The summed E-state index contributed by atoms with van der Waals surface area (Å²) in [5.74, 6) is 0. The number of carbonyl (C=O) groups is 1. The Morgan fingerprint density at radius 1 is 1.10 bits per heavy atom. The molecule has 0 N–H and O–H groups in total. The van der Waals surface area contributed by atoms with Crippen LogP contribution in [0.3, 0.4) is 0 Å². The summed E-state index contributed by atoms with van der Waals surface area (Å²) in [5, 5.41) is 0. The van der Waals surface area contributed by atoms with Gasteiger partial charge in [0.1, 0.15) is 6.29 Å². The van der Waals surface area contributed by atoms with Crippen molar-refractivity contribution in [1.82, 2.24) is 4.90 Å². The second kappa shape index (κ2) is 7.01. The zero-order valence-corrected chi connectivity index (χ0v) is 14.0. The van der Waals surface area contributed by atoms with Gasteiger partial charge in [0.15, 0.2) is 0 Å². The summed E-state index contributed by atoms with van der Waals surface area (Å²) >= 11 is 3.44. The molecule has 2 aromatic rings. The fourth-order valence-electron chi connectivity index (χ4n) is 2.53. The van der Waals surface area contributed by atoms with Gasteiger partial charge in [-0.2, -0.15) is 0 Å². The third-order valence-electron chi connectivity index (χ3n) is 3.66. The predicted molar refractivity (Wildman–Crippen MR) is 90.3 cm³/mol. The molecule has 2 aromatic carbocycles. The van der Waals surface area contributed by atoms with Crippen LogP contribution in [-0.2, 0) is 16.8 Å². The third kappa shape index (κ3) is 4.26. The van der Waals surface area contributed by atoms with E-state index < -0.39 is 5.41 Å². The Morgan fingerprint density at radius 2 is 1.71 bits per heavy atom. The average molecular weight is 346 g/mol. The van der Waals surface area contributed by atoms with Crippen molar-refractivity contribution in [3.63, 3.8) is 0 Å². The molecule has 2 rings (SSSR count). The number of nitrogens with zero attached hydrogens (tertiary/aromatic N) is 1. The molecule has 0 saturated heterocycles. The molecule has 0 aliphatic carbocycles. The Kier molecular flexibility index (Phi) is 5.32. The van der Waals surface area contributed by atoms with Crippen LogP contribution in [0.5, 0.6) is 0 Å². The van der Waals surface area contributed by atoms with E-state index in [0.29, 0.717) is 6.54 Å². The molecule has 110 valence electrons. The first-order valence-electron chi connectivity index (χ1n) is 6.98. The van der Waals surface area contributed by atoms with Gasteiger partial charge in [-0.05, 0) is 37.2 Å². The molecule has 0 bridgehead atoms. The SMILES string of the molecule is CN(Cc1ccc(Br)cc1)CC(C)(C=O)c1ccccc1. The first kappa shape index (κ1) is 15.9. The maximum Gasteiger partial charge on any atom is 0.131 e. The van der Waals surface area contributed by atoms with Crippen LogP contribution < -0.4 is 0 Å². The molecule has 0 aliphatic rings. The van der Waals surface area contributed by atoms with Gasteiger partial charge in [0.2, 0.25) is 0 Å². The van der Waals surface area contributed by atoms with Crippen molar-refractivity contribution in [2.24, 2.45) is 0 Å². The molecule has 3 heteroatoms. The van der Waals surface area contributed by atoms with Crippen molar-refractivity contribution in [2.45, 2.75) is 18.9 Å². The molecule has 2 nitrogen and oxygen atoms in total. The van der Waals surface area contributed by atoms with Gasteiger partial charge in [0, 0.05) is 17.6 Å².